The summed E-state index contributed by atoms with van der Waals surface area (Å²) in [5.41, 5.74) is 1.45. The molecule has 0 radical (unpaired) electrons. The lowest BCUT2D eigenvalue weighted by molar-refractivity contribution is -0.141. The lowest BCUT2D eigenvalue weighted by Gasteiger charge is -2.39. The van der Waals surface area contributed by atoms with E-state index >= 15 is 0 Å². The first-order chi connectivity index (χ1) is 28.7. The minimum absolute atomic E-state index is 0.0539. The summed E-state index contributed by atoms with van der Waals surface area (Å²) in [6.45, 7) is 2.16. The van der Waals surface area contributed by atoms with Crippen LogP contribution in [0.15, 0.2) is 59.5 Å². The molecular formula is C42H46F3N9O6. The van der Waals surface area contributed by atoms with E-state index in [4.69, 9.17) is 9.84 Å². The first-order valence-corrected chi connectivity index (χ1v) is 20.1. The van der Waals surface area contributed by atoms with Crippen molar-refractivity contribution in [2.75, 3.05) is 32.6 Å². The number of para-hydroxylation sites is 1. The van der Waals surface area contributed by atoms with Crippen LogP contribution in [0.4, 0.5) is 18.9 Å². The average molecular weight is 830 g/mol. The summed E-state index contributed by atoms with van der Waals surface area (Å²) >= 11 is 0. The molecule has 0 spiro atoms. The number of rotatable bonds is 9. The molecule has 4 amide bonds. The number of nitrogens with one attached hydrogen (secondary N) is 2. The van der Waals surface area contributed by atoms with Crippen molar-refractivity contribution < 1.29 is 37.1 Å². The monoisotopic (exact) mass is 829 g/mol. The molecule has 8 rings (SSSR count). The van der Waals surface area contributed by atoms with Gasteiger partial charge in [0.25, 0.3) is 5.91 Å². The van der Waals surface area contributed by atoms with Gasteiger partial charge in [0, 0.05) is 69.8 Å². The van der Waals surface area contributed by atoms with Crippen molar-refractivity contribution in [2.45, 2.75) is 82.2 Å². The molecule has 2 N–H and O–H groups in total. The van der Waals surface area contributed by atoms with Crippen LogP contribution in [-0.4, -0.2) is 90.6 Å². The van der Waals surface area contributed by atoms with Crippen LogP contribution in [0.3, 0.4) is 0 Å². The van der Waals surface area contributed by atoms with E-state index in [1.807, 2.05) is 41.0 Å². The number of halogens is 3. The second kappa shape index (κ2) is 16.2. The highest BCUT2D eigenvalue weighted by Crippen LogP contribution is 2.37. The summed E-state index contributed by atoms with van der Waals surface area (Å²) < 4.78 is 50.0. The molecule has 3 aromatic heterocycles. The van der Waals surface area contributed by atoms with Crippen molar-refractivity contribution in [1.29, 1.82) is 0 Å². The summed E-state index contributed by atoms with van der Waals surface area (Å²) in [5, 5.41) is 10.5. The highest BCUT2D eigenvalue weighted by Gasteiger charge is 2.36. The van der Waals surface area contributed by atoms with Crippen molar-refractivity contribution in [3.8, 4) is 5.75 Å². The normalized spacial score (nSPS) is 20.7. The molecule has 1 aliphatic carbocycles. The molecule has 2 saturated heterocycles. The third kappa shape index (κ3) is 7.87. The zero-order chi connectivity index (χ0) is 42.5. The summed E-state index contributed by atoms with van der Waals surface area (Å²) in [4.78, 5) is 72.3. The Kier molecular flexibility index (Phi) is 11.0. The fraction of sp³-hybridized carbons (Fsp3) is 0.452. The smallest absolute Gasteiger partial charge is 0.433 e. The average Bonchev–Trinajstić information content (AvgIpc) is 3.77. The quantitative estimate of drug-likeness (QED) is 0.190. The Morgan fingerprint density at radius 1 is 0.983 bits per heavy atom. The van der Waals surface area contributed by atoms with Crippen molar-refractivity contribution >= 4 is 51.3 Å². The number of carbonyl (C=O) groups is 4. The fourth-order valence-electron chi connectivity index (χ4n) is 9.07. The number of aromatic nitrogens is 5. The van der Waals surface area contributed by atoms with E-state index in [9.17, 15) is 37.1 Å². The number of methoxy groups -OCH3 is 1. The van der Waals surface area contributed by atoms with Gasteiger partial charge in [0.1, 0.15) is 23.2 Å². The van der Waals surface area contributed by atoms with Gasteiger partial charge in [-0.25, -0.2) is 9.78 Å². The van der Waals surface area contributed by atoms with Crippen LogP contribution in [0.2, 0.25) is 0 Å². The Balaban J connectivity index is 0.860. The number of fused-ring (bicyclic) bond motifs is 2. The number of imidazole rings is 1. The van der Waals surface area contributed by atoms with Gasteiger partial charge >= 0.3 is 11.9 Å². The van der Waals surface area contributed by atoms with Gasteiger partial charge in [-0.1, -0.05) is 18.2 Å². The van der Waals surface area contributed by atoms with E-state index in [0.717, 1.165) is 62.0 Å². The standard InChI is InChI=1S/C42H46F3N9O6/c1-50(27-16-18-52(19-17-27)22-25-6-4-8-32-37(25)51(2)41(59)54(32)33-14-15-36(55)48-39(33)57)40(58)24-10-12-28(13-11-24)53-23-26-20-31(34(60-3)21-30(26)49-53)47-38(56)29-7-5-9-35(46-29)42(43,44)45/h4-9,20-21,23-24,27-28,33H,10-19,22H2,1-3H3,(H,47,56)(H,48,55,57)/t24-,28-,33?. The second-order valence-corrected chi connectivity index (χ2v) is 16.0. The molecule has 1 saturated carbocycles. The van der Waals surface area contributed by atoms with E-state index in [2.05, 4.69) is 20.5 Å². The molecule has 316 valence electrons. The molecule has 2 aliphatic heterocycles. The van der Waals surface area contributed by atoms with Crippen LogP contribution in [0.5, 0.6) is 5.75 Å². The molecule has 2 aromatic carbocycles. The van der Waals surface area contributed by atoms with Crippen molar-refractivity contribution in [1.82, 2.24) is 39.0 Å². The number of aryl methyl sites for hydroxylation is 1. The minimum atomic E-state index is -4.69. The molecule has 3 aliphatic rings. The Morgan fingerprint density at radius 3 is 2.42 bits per heavy atom. The molecule has 5 aromatic rings. The predicted octanol–water partition coefficient (Wildman–Crippen LogP) is 5.20. The van der Waals surface area contributed by atoms with E-state index in [0.29, 0.717) is 41.6 Å². The Bertz CT molecular complexity index is 2550. The van der Waals surface area contributed by atoms with E-state index < -0.39 is 29.7 Å². The third-order valence-electron chi connectivity index (χ3n) is 12.3. The predicted molar refractivity (Wildman–Crippen MR) is 214 cm³/mol. The van der Waals surface area contributed by atoms with E-state index in [1.165, 1.54) is 17.7 Å². The number of likely N-dealkylation sites (tertiary alicyclic amines) is 1. The summed E-state index contributed by atoms with van der Waals surface area (Å²) in [7, 11) is 5.03. The highest BCUT2D eigenvalue weighted by atomic mass is 19.4. The molecule has 18 heteroatoms. The first-order valence-electron chi connectivity index (χ1n) is 20.1. The summed E-state index contributed by atoms with van der Waals surface area (Å²) in [6.07, 6.45) is 2.17. The number of benzene rings is 2. The molecule has 3 fully saturated rings. The van der Waals surface area contributed by atoms with E-state index in [1.54, 1.807) is 23.7 Å². The van der Waals surface area contributed by atoms with E-state index in [-0.39, 0.29) is 59.7 Å². The maximum absolute atomic E-state index is 13.8. The number of pyridine rings is 1. The topological polar surface area (TPSA) is 166 Å². The maximum Gasteiger partial charge on any atom is 0.433 e. The molecular weight excluding hydrogens is 784 g/mol. The number of hydrogen-bond acceptors (Lipinski definition) is 9. The zero-order valence-corrected chi connectivity index (χ0v) is 33.5. The van der Waals surface area contributed by atoms with Crippen LogP contribution in [0, 0.1) is 5.92 Å². The third-order valence-corrected chi connectivity index (χ3v) is 12.3. The van der Waals surface area contributed by atoms with Crippen molar-refractivity contribution in [2.24, 2.45) is 13.0 Å². The summed E-state index contributed by atoms with van der Waals surface area (Å²) in [5.74, 6) is -1.27. The number of amides is 4. The number of alkyl halides is 3. The number of imide groups is 1. The largest absolute Gasteiger partial charge is 0.494 e. The van der Waals surface area contributed by atoms with Gasteiger partial charge in [-0.2, -0.15) is 18.3 Å². The van der Waals surface area contributed by atoms with Crippen molar-refractivity contribution in [3.63, 3.8) is 0 Å². The van der Waals surface area contributed by atoms with Crippen LogP contribution in [-0.2, 0) is 34.2 Å². The van der Waals surface area contributed by atoms with Gasteiger partial charge in [0.2, 0.25) is 17.7 Å². The number of ether oxygens (including phenoxy) is 1. The molecule has 1 unspecified atom stereocenters. The first kappa shape index (κ1) is 40.7. The SMILES string of the molecule is COc1cc2nn([C@H]3CC[C@H](C(=O)N(C)C4CCN(Cc5cccc6c5n(C)c(=O)n6C5CCC(=O)NC5=O)CC4)CC3)cc2cc1NC(=O)c1cccc(C(F)(F)F)n1. The maximum atomic E-state index is 13.8. The molecule has 1 atom stereocenters. The number of hydrogen-bond donors (Lipinski definition) is 2. The lowest BCUT2D eigenvalue weighted by atomic mass is 9.84. The van der Waals surface area contributed by atoms with Gasteiger partial charge in [0.15, 0.2) is 0 Å². The van der Waals surface area contributed by atoms with Gasteiger partial charge in [-0.05, 0) is 74.8 Å². The Hall–Kier alpha value is -6.04. The number of piperidine rings is 2. The lowest BCUT2D eigenvalue weighted by Crippen LogP contribution is -2.47. The minimum Gasteiger partial charge on any atom is -0.494 e. The van der Waals surface area contributed by atoms with Crippen LogP contribution in [0.1, 0.15) is 85.2 Å². The molecule has 60 heavy (non-hydrogen) atoms. The van der Waals surface area contributed by atoms with Gasteiger partial charge in [-0.15, -0.1) is 0 Å². The molecule has 0 bridgehead atoms. The molecule has 15 nitrogen and oxygen atoms in total. The van der Waals surface area contributed by atoms with Gasteiger partial charge < -0.3 is 15.0 Å². The van der Waals surface area contributed by atoms with Crippen LogP contribution >= 0.6 is 0 Å². The van der Waals surface area contributed by atoms with Crippen molar-refractivity contribution in [3.05, 3.63) is 82.2 Å². The second-order valence-electron chi connectivity index (χ2n) is 16.0. The Labute approximate surface area is 342 Å². The zero-order valence-electron chi connectivity index (χ0n) is 33.5. The summed E-state index contributed by atoms with van der Waals surface area (Å²) in [6, 6.07) is 11.6. The van der Waals surface area contributed by atoms with Crippen LogP contribution < -0.4 is 21.1 Å². The van der Waals surface area contributed by atoms with Gasteiger partial charge in [0.05, 0.1) is 35.4 Å². The highest BCUT2D eigenvalue weighted by molar-refractivity contribution is 6.05. The fourth-order valence-corrected chi connectivity index (χ4v) is 9.07. The van der Waals surface area contributed by atoms with Crippen LogP contribution in [0.25, 0.3) is 21.9 Å². The van der Waals surface area contributed by atoms with Gasteiger partial charge in [-0.3, -0.25) is 43.2 Å². The number of nitrogens with zero attached hydrogens (tertiary/aromatic N) is 7. The molecule has 5 heterocycles. The number of anilines is 1. The Morgan fingerprint density at radius 2 is 1.72 bits per heavy atom. The number of carbonyl (C=O) groups excluding carboxylic acids is 4.